The van der Waals surface area contributed by atoms with Crippen molar-refractivity contribution in [2.24, 2.45) is 11.5 Å². The van der Waals surface area contributed by atoms with Gasteiger partial charge < -0.3 is 62.7 Å². The number of aldehydes is 2. The Morgan fingerprint density at radius 3 is 0.855 bits per heavy atom. The molecule has 22 heteroatoms. The van der Waals surface area contributed by atoms with Crippen LogP contribution in [0.25, 0.3) is 0 Å². The molecule has 4 unspecified atom stereocenters. The van der Waals surface area contributed by atoms with E-state index in [1.54, 1.807) is 0 Å². The van der Waals surface area contributed by atoms with Crippen LogP contribution in [0.5, 0.6) is 0 Å². The molecule has 0 bridgehead atoms. The molecule has 12 N–H and O–H groups in total. The predicted octanol–water partition coefficient (Wildman–Crippen LogP) is 7.70. The number of nitrogens with two attached hydrogens (primary N) is 2. The molecule has 20 nitrogen and oxygen atoms in total. The number of amides is 4. The summed E-state index contributed by atoms with van der Waals surface area (Å²) in [5.74, 6) is -7.41. The minimum absolute atomic E-state index is 0.0256. The van der Waals surface area contributed by atoms with Crippen molar-refractivity contribution in [3.63, 3.8) is 0 Å². The molecule has 0 aromatic rings. The van der Waals surface area contributed by atoms with Crippen molar-refractivity contribution in [3.8, 4) is 0 Å². The first-order chi connectivity index (χ1) is 36.4. The van der Waals surface area contributed by atoms with E-state index in [0.717, 1.165) is 38.3 Å². The van der Waals surface area contributed by atoms with E-state index in [1.165, 1.54) is 167 Å². The molecular weight excluding hydrogens is 1020 g/mol. The Hall–Kier alpha value is -4.28. The molecule has 4 amide bonds. The number of thiol groups is 2. The zero-order valence-corrected chi connectivity index (χ0v) is 48.0. The zero-order valence-electron chi connectivity index (χ0n) is 46.3. The highest BCUT2D eigenvalue weighted by molar-refractivity contribution is 7.80. The Kier molecular flexibility index (Phi) is 61.7. The number of carbonyl (C=O) groups excluding carboxylic acids is 6. The van der Waals surface area contributed by atoms with Gasteiger partial charge in [0.25, 0.3) is 0 Å². The third-order valence-electron chi connectivity index (χ3n) is 11.8. The van der Waals surface area contributed by atoms with E-state index in [1.807, 2.05) is 0 Å². The van der Waals surface area contributed by atoms with Gasteiger partial charge in [-0.05, 0) is 25.7 Å². The number of unbranched alkanes of at least 4 members (excludes halogenated alkanes) is 28. The monoisotopic (exact) mass is 1120 g/mol. The summed E-state index contributed by atoms with van der Waals surface area (Å²) in [6.45, 7) is 3.42. The van der Waals surface area contributed by atoms with Gasteiger partial charge in [0.05, 0.1) is 0 Å². The molecule has 0 aromatic carbocycles. The van der Waals surface area contributed by atoms with E-state index in [0.29, 0.717) is 0 Å². The van der Waals surface area contributed by atoms with Crippen molar-refractivity contribution in [2.45, 2.75) is 256 Å². The first kappa shape index (κ1) is 78.2. The molecule has 444 valence electrons. The number of carboxylic acids is 4. The number of rotatable bonds is 48. The molecular formula is C54H102N6O14S2. The lowest BCUT2D eigenvalue weighted by molar-refractivity contribution is -0.140. The molecule has 0 saturated carbocycles. The maximum absolute atomic E-state index is 11.5. The molecule has 0 aromatic heterocycles. The third-order valence-corrected chi connectivity index (χ3v) is 12.6. The molecule has 0 spiro atoms. The third kappa shape index (κ3) is 60.6. The minimum atomic E-state index is -1.22. The van der Waals surface area contributed by atoms with Crippen molar-refractivity contribution in [3.05, 3.63) is 0 Å². The van der Waals surface area contributed by atoms with Gasteiger partial charge in [0.2, 0.25) is 23.6 Å². The summed E-state index contributed by atoms with van der Waals surface area (Å²) in [4.78, 5) is 108. The molecule has 0 aliphatic heterocycles. The largest absolute Gasteiger partial charge is 0.480 e. The van der Waals surface area contributed by atoms with Gasteiger partial charge in [-0.2, -0.15) is 25.3 Å². The van der Waals surface area contributed by atoms with Gasteiger partial charge in [-0.25, -0.2) is 0 Å². The van der Waals surface area contributed by atoms with Crippen LogP contribution in [-0.4, -0.2) is 129 Å². The van der Waals surface area contributed by atoms with Crippen LogP contribution in [0, 0.1) is 0 Å². The molecule has 0 radical (unpaired) electrons. The van der Waals surface area contributed by atoms with Gasteiger partial charge in [0, 0.05) is 37.2 Å². The number of hydrogen-bond donors (Lipinski definition) is 12. The SMILES string of the molecule is CCCCCCCCCCCCCCCC=O.CCCCCCCCCCCCCCCCCC=O.NC(CCC(=O)NC(CS)C(=O)NCC(=O)O)C(=O)O.NC(CCC(=O)NC(CS)C(=O)NCC(=O)O)C(=O)O. The van der Waals surface area contributed by atoms with Crippen LogP contribution < -0.4 is 32.7 Å². The highest BCUT2D eigenvalue weighted by Crippen LogP contribution is 2.15. The van der Waals surface area contributed by atoms with E-state index in [2.05, 4.69) is 60.4 Å². The average molecular weight is 1120 g/mol. The van der Waals surface area contributed by atoms with Crippen LogP contribution in [0.2, 0.25) is 0 Å². The van der Waals surface area contributed by atoms with E-state index in [9.17, 15) is 47.9 Å². The van der Waals surface area contributed by atoms with Gasteiger partial charge >= 0.3 is 23.9 Å². The second-order valence-electron chi connectivity index (χ2n) is 18.9. The Morgan fingerprint density at radius 2 is 0.658 bits per heavy atom. The summed E-state index contributed by atoms with van der Waals surface area (Å²) in [7, 11) is 0. The number of hydrogen-bond acceptors (Lipinski definition) is 14. The Bertz CT molecular complexity index is 1440. The highest BCUT2D eigenvalue weighted by atomic mass is 32.1. The summed E-state index contributed by atoms with van der Waals surface area (Å²) in [6.07, 6.45) is 41.7. The average Bonchev–Trinajstić information content (AvgIpc) is 3.39. The molecule has 0 rings (SSSR count). The fourth-order valence-corrected chi connectivity index (χ4v) is 7.67. The molecule has 76 heavy (non-hydrogen) atoms. The van der Waals surface area contributed by atoms with Crippen molar-refractivity contribution in [1.82, 2.24) is 21.3 Å². The summed E-state index contributed by atoms with van der Waals surface area (Å²) >= 11 is 7.75. The summed E-state index contributed by atoms with van der Waals surface area (Å²) in [6, 6.07) is -4.30. The van der Waals surface area contributed by atoms with Gasteiger partial charge in [0.15, 0.2) is 0 Å². The predicted molar refractivity (Wildman–Crippen MR) is 305 cm³/mol. The van der Waals surface area contributed by atoms with Crippen LogP contribution in [0.4, 0.5) is 0 Å². The lowest BCUT2D eigenvalue weighted by Gasteiger charge is -2.16. The molecule has 0 saturated heterocycles. The first-order valence-electron chi connectivity index (χ1n) is 28.0. The Balaban J connectivity index is -0.000000456. The quantitative estimate of drug-likeness (QED) is 0.0158. The summed E-state index contributed by atoms with van der Waals surface area (Å²) in [5.41, 5.74) is 10.5. The van der Waals surface area contributed by atoms with E-state index in [-0.39, 0.29) is 37.2 Å². The maximum atomic E-state index is 11.5. The minimum Gasteiger partial charge on any atom is -0.480 e. The topological polar surface area (TPSA) is 352 Å². The second-order valence-corrected chi connectivity index (χ2v) is 19.6. The number of carbonyl (C=O) groups is 10. The van der Waals surface area contributed by atoms with Gasteiger partial charge in [-0.15, -0.1) is 0 Å². The summed E-state index contributed by atoms with van der Waals surface area (Å²) in [5, 5.41) is 42.7. The standard InChI is InChI=1S/C18H36O.C16H32O.2C10H17N3O6S/c1-2-3-4-5-6-7-8-9-10-11-12-13-14-15-16-17-18-19;1-2-3-4-5-6-7-8-9-10-11-12-13-14-15-16-17;2*11-5(10(18)19)1-2-7(14)13-6(4-20)9(17)12-3-8(15)16/h18H,2-17H2,1H3;16H,2-15H2,1H3;2*5-6,20H,1-4,11H2,(H,12,17)(H,13,14)(H,15,16)(H,18,19). The fourth-order valence-electron chi connectivity index (χ4n) is 7.16. The van der Waals surface area contributed by atoms with Gasteiger partial charge in [0.1, 0.15) is 49.8 Å². The van der Waals surface area contributed by atoms with E-state index < -0.39 is 84.8 Å². The molecule has 0 aliphatic rings. The molecule has 0 aliphatic carbocycles. The van der Waals surface area contributed by atoms with E-state index >= 15 is 0 Å². The lowest BCUT2D eigenvalue weighted by atomic mass is 10.0. The number of carboxylic acid groups (broad SMARTS) is 4. The molecule has 4 atom stereocenters. The van der Waals surface area contributed by atoms with Gasteiger partial charge in [-0.1, -0.05) is 181 Å². The number of nitrogens with one attached hydrogen (secondary N) is 4. The highest BCUT2D eigenvalue weighted by Gasteiger charge is 2.22. The van der Waals surface area contributed by atoms with Crippen LogP contribution >= 0.6 is 25.3 Å². The van der Waals surface area contributed by atoms with Crippen molar-refractivity contribution in [1.29, 1.82) is 0 Å². The molecule has 0 fully saturated rings. The fraction of sp³-hybridized carbons (Fsp3) is 0.815. The van der Waals surface area contributed by atoms with Crippen LogP contribution in [0.15, 0.2) is 0 Å². The van der Waals surface area contributed by atoms with Crippen molar-refractivity contribution < 1.29 is 68.4 Å². The Labute approximate surface area is 465 Å². The number of aliphatic carboxylic acids is 4. The van der Waals surface area contributed by atoms with Crippen LogP contribution in [-0.2, 0) is 47.9 Å². The molecule has 0 heterocycles. The van der Waals surface area contributed by atoms with Crippen molar-refractivity contribution >= 4 is 85.3 Å². The zero-order chi connectivity index (χ0) is 58.0. The maximum Gasteiger partial charge on any atom is 0.322 e. The van der Waals surface area contributed by atoms with E-state index in [4.69, 9.17) is 31.9 Å². The second kappa shape index (κ2) is 60.0. The lowest BCUT2D eigenvalue weighted by Crippen LogP contribution is -2.49. The summed E-state index contributed by atoms with van der Waals surface area (Å²) < 4.78 is 0. The van der Waals surface area contributed by atoms with Crippen LogP contribution in [0.1, 0.15) is 232 Å². The first-order valence-corrected chi connectivity index (χ1v) is 29.3. The van der Waals surface area contributed by atoms with Gasteiger partial charge in [-0.3, -0.25) is 38.4 Å². The Morgan fingerprint density at radius 1 is 0.421 bits per heavy atom. The van der Waals surface area contributed by atoms with Crippen LogP contribution in [0.3, 0.4) is 0 Å². The smallest absolute Gasteiger partial charge is 0.322 e. The van der Waals surface area contributed by atoms with Crippen molar-refractivity contribution in [2.75, 3.05) is 24.6 Å². The normalized spacial score (nSPS) is 12.0.